The molecular weight excluding hydrogens is 296 g/mol. The summed E-state index contributed by atoms with van der Waals surface area (Å²) in [4.78, 5) is 13.2. The predicted molar refractivity (Wildman–Crippen MR) is 85.3 cm³/mol. The zero-order valence-corrected chi connectivity index (χ0v) is 14.0. The number of rotatable bonds is 4. The number of nitrogens with one attached hydrogen (secondary N) is 1. The van der Waals surface area contributed by atoms with Gasteiger partial charge in [-0.3, -0.25) is 4.68 Å². The van der Waals surface area contributed by atoms with E-state index in [9.17, 15) is 4.79 Å². The van der Waals surface area contributed by atoms with Gasteiger partial charge in [-0.2, -0.15) is 5.10 Å². The lowest BCUT2D eigenvalue weighted by Gasteiger charge is -2.23. The smallest absolute Gasteiger partial charge is 0.316 e. The van der Waals surface area contributed by atoms with Crippen LogP contribution < -0.4 is 5.32 Å². The molecule has 1 atom stereocenters. The summed E-state index contributed by atoms with van der Waals surface area (Å²) in [6.07, 6.45) is 5.08. The van der Waals surface area contributed by atoms with E-state index in [1.807, 2.05) is 0 Å². The molecule has 2 aliphatic rings. The van der Waals surface area contributed by atoms with Crippen molar-refractivity contribution < 1.29 is 14.3 Å². The van der Waals surface area contributed by atoms with Crippen LogP contribution in [0, 0.1) is 5.92 Å². The van der Waals surface area contributed by atoms with Gasteiger partial charge in [0, 0.05) is 40.1 Å². The highest BCUT2D eigenvalue weighted by Crippen LogP contribution is 2.26. The Kier molecular flexibility index (Phi) is 5.17. The van der Waals surface area contributed by atoms with Gasteiger partial charge in [0.2, 0.25) is 0 Å². The van der Waals surface area contributed by atoms with Crippen LogP contribution in [0.1, 0.15) is 30.2 Å². The Balaban J connectivity index is 1.63. The van der Waals surface area contributed by atoms with Gasteiger partial charge >= 0.3 is 6.03 Å². The van der Waals surface area contributed by atoms with Gasteiger partial charge in [-0.15, -0.1) is 0 Å². The molecule has 1 aromatic rings. The molecule has 3 rings (SSSR count). The van der Waals surface area contributed by atoms with Crippen molar-refractivity contribution in [3.05, 3.63) is 17.5 Å². The van der Waals surface area contributed by atoms with Crippen LogP contribution in [-0.4, -0.2) is 61.2 Å². The minimum Gasteiger partial charge on any atom is -0.381 e. The molecule has 0 spiro atoms. The maximum atomic E-state index is 11.7. The van der Waals surface area contributed by atoms with Crippen LogP contribution in [-0.2, 0) is 22.4 Å². The molecule has 2 aliphatic heterocycles. The SMILES string of the molecule is CN(C)C(=O)NC[C@@H]1OCCc2cn(CC3CCOCC3)nc21. The Labute approximate surface area is 136 Å². The third-order valence-electron chi connectivity index (χ3n) is 4.50. The highest BCUT2D eigenvalue weighted by atomic mass is 16.5. The molecular formula is C16H26N4O3. The monoisotopic (exact) mass is 322 g/mol. The van der Waals surface area contributed by atoms with Crippen molar-refractivity contribution in [3.63, 3.8) is 0 Å². The van der Waals surface area contributed by atoms with Crippen LogP contribution in [0.25, 0.3) is 0 Å². The third kappa shape index (κ3) is 4.03. The van der Waals surface area contributed by atoms with Gasteiger partial charge < -0.3 is 19.7 Å². The number of carbonyl (C=O) groups excluding carboxylic acids is 1. The van der Waals surface area contributed by atoms with Crippen molar-refractivity contribution in [1.82, 2.24) is 20.0 Å². The van der Waals surface area contributed by atoms with E-state index in [0.29, 0.717) is 19.1 Å². The summed E-state index contributed by atoms with van der Waals surface area (Å²) in [5, 5.41) is 7.61. The zero-order valence-electron chi connectivity index (χ0n) is 14.0. The first-order valence-corrected chi connectivity index (χ1v) is 8.34. The second-order valence-corrected chi connectivity index (χ2v) is 6.51. The molecule has 1 N–H and O–H groups in total. The van der Waals surface area contributed by atoms with Crippen molar-refractivity contribution in [2.75, 3.05) is 40.5 Å². The van der Waals surface area contributed by atoms with Crippen LogP contribution in [0.3, 0.4) is 0 Å². The van der Waals surface area contributed by atoms with E-state index in [0.717, 1.165) is 44.7 Å². The van der Waals surface area contributed by atoms with E-state index < -0.39 is 0 Å². The Morgan fingerprint density at radius 1 is 1.39 bits per heavy atom. The maximum absolute atomic E-state index is 11.7. The van der Waals surface area contributed by atoms with E-state index in [1.54, 1.807) is 14.1 Å². The van der Waals surface area contributed by atoms with Gasteiger partial charge in [-0.25, -0.2) is 4.79 Å². The lowest BCUT2D eigenvalue weighted by Crippen LogP contribution is -2.38. The molecule has 0 bridgehead atoms. The number of hydrogen-bond acceptors (Lipinski definition) is 4. The molecule has 128 valence electrons. The van der Waals surface area contributed by atoms with Gasteiger partial charge in [0.15, 0.2) is 0 Å². The molecule has 1 fully saturated rings. The summed E-state index contributed by atoms with van der Waals surface area (Å²) in [5.41, 5.74) is 2.22. The van der Waals surface area contributed by atoms with Crippen molar-refractivity contribution in [2.45, 2.75) is 31.9 Å². The first-order chi connectivity index (χ1) is 11.1. The summed E-state index contributed by atoms with van der Waals surface area (Å²) in [5.74, 6) is 0.637. The molecule has 7 heteroatoms. The number of urea groups is 1. The molecule has 2 amide bonds. The first-order valence-electron chi connectivity index (χ1n) is 8.34. The second kappa shape index (κ2) is 7.31. The second-order valence-electron chi connectivity index (χ2n) is 6.51. The summed E-state index contributed by atoms with van der Waals surface area (Å²) >= 11 is 0. The number of amides is 2. The van der Waals surface area contributed by atoms with Crippen molar-refractivity contribution >= 4 is 6.03 Å². The largest absolute Gasteiger partial charge is 0.381 e. The fourth-order valence-corrected chi connectivity index (χ4v) is 3.11. The number of hydrogen-bond donors (Lipinski definition) is 1. The fraction of sp³-hybridized carbons (Fsp3) is 0.750. The average molecular weight is 322 g/mol. The number of ether oxygens (including phenoxy) is 2. The van der Waals surface area contributed by atoms with E-state index in [4.69, 9.17) is 14.6 Å². The lowest BCUT2D eigenvalue weighted by atomic mass is 10.0. The summed E-state index contributed by atoms with van der Waals surface area (Å²) in [7, 11) is 3.45. The van der Waals surface area contributed by atoms with Crippen molar-refractivity contribution in [3.8, 4) is 0 Å². The third-order valence-corrected chi connectivity index (χ3v) is 4.50. The average Bonchev–Trinajstić information content (AvgIpc) is 2.96. The predicted octanol–water partition coefficient (Wildman–Crippen LogP) is 1.19. The van der Waals surface area contributed by atoms with Crippen LogP contribution >= 0.6 is 0 Å². The highest BCUT2D eigenvalue weighted by molar-refractivity contribution is 5.73. The molecule has 1 aromatic heterocycles. The summed E-state index contributed by atoms with van der Waals surface area (Å²) in [6, 6.07) is -0.109. The topological polar surface area (TPSA) is 68.6 Å². The molecule has 0 aromatic carbocycles. The Bertz CT molecular complexity index is 537. The normalized spacial score (nSPS) is 21.7. The molecule has 23 heavy (non-hydrogen) atoms. The van der Waals surface area contributed by atoms with Crippen molar-refractivity contribution in [2.24, 2.45) is 5.92 Å². The number of nitrogens with zero attached hydrogens (tertiary/aromatic N) is 3. The van der Waals surface area contributed by atoms with Gasteiger partial charge in [0.1, 0.15) is 6.10 Å². The Morgan fingerprint density at radius 2 is 2.17 bits per heavy atom. The molecule has 7 nitrogen and oxygen atoms in total. The molecule has 0 aliphatic carbocycles. The maximum Gasteiger partial charge on any atom is 0.316 e. The van der Waals surface area contributed by atoms with Crippen LogP contribution in [0.4, 0.5) is 4.79 Å². The standard InChI is InChI=1S/C16H26N4O3/c1-19(2)16(21)17-9-14-15-13(5-8-23-14)11-20(18-15)10-12-3-6-22-7-4-12/h11-12,14H,3-10H2,1-2H3,(H,17,21)/t14-/m0/s1. The Hall–Kier alpha value is -1.60. The molecule has 0 radical (unpaired) electrons. The minimum absolute atomic E-state index is 0.109. The molecule has 0 unspecified atom stereocenters. The van der Waals surface area contributed by atoms with Gasteiger partial charge in [0.25, 0.3) is 0 Å². The number of fused-ring (bicyclic) bond motifs is 1. The molecule has 3 heterocycles. The highest BCUT2D eigenvalue weighted by Gasteiger charge is 2.26. The summed E-state index contributed by atoms with van der Waals surface area (Å²) < 4.78 is 13.3. The van der Waals surface area contributed by atoms with Crippen LogP contribution in [0.15, 0.2) is 6.20 Å². The van der Waals surface area contributed by atoms with E-state index in [2.05, 4.69) is 16.2 Å². The van der Waals surface area contributed by atoms with E-state index in [-0.39, 0.29) is 12.1 Å². The van der Waals surface area contributed by atoms with Crippen LogP contribution in [0.2, 0.25) is 0 Å². The minimum atomic E-state index is -0.154. The van der Waals surface area contributed by atoms with Crippen LogP contribution in [0.5, 0.6) is 0 Å². The van der Waals surface area contributed by atoms with Gasteiger partial charge in [0.05, 0.1) is 18.8 Å². The quantitative estimate of drug-likeness (QED) is 0.904. The summed E-state index contributed by atoms with van der Waals surface area (Å²) in [6.45, 7) is 3.78. The first kappa shape index (κ1) is 16.3. The van der Waals surface area contributed by atoms with E-state index in [1.165, 1.54) is 10.5 Å². The molecule has 0 saturated carbocycles. The van der Waals surface area contributed by atoms with Crippen molar-refractivity contribution in [1.29, 1.82) is 0 Å². The Morgan fingerprint density at radius 3 is 2.91 bits per heavy atom. The zero-order chi connectivity index (χ0) is 16.2. The van der Waals surface area contributed by atoms with Gasteiger partial charge in [-0.05, 0) is 30.7 Å². The number of aromatic nitrogens is 2. The number of carbonyl (C=O) groups is 1. The van der Waals surface area contributed by atoms with E-state index >= 15 is 0 Å². The van der Waals surface area contributed by atoms with Gasteiger partial charge in [-0.1, -0.05) is 0 Å². The fourth-order valence-electron chi connectivity index (χ4n) is 3.11. The molecule has 1 saturated heterocycles. The lowest BCUT2D eigenvalue weighted by molar-refractivity contribution is 0.0400.